The predicted molar refractivity (Wildman–Crippen MR) is 131 cm³/mol. The highest BCUT2D eigenvalue weighted by Gasteiger charge is 2.45. The Labute approximate surface area is 206 Å². The van der Waals surface area contributed by atoms with Gasteiger partial charge in [-0.05, 0) is 75.0 Å². The molecule has 2 aromatic carbocycles. The van der Waals surface area contributed by atoms with Crippen LogP contribution >= 0.6 is 0 Å². The summed E-state index contributed by atoms with van der Waals surface area (Å²) in [6, 6.07) is 10.3. The van der Waals surface area contributed by atoms with E-state index in [1.807, 2.05) is 63.1 Å². The third-order valence-corrected chi connectivity index (χ3v) is 6.87. The Morgan fingerprint density at radius 1 is 0.971 bits per heavy atom. The highest BCUT2D eigenvalue weighted by molar-refractivity contribution is 5.75. The molecular weight excluding hydrogens is 448 g/mol. The van der Waals surface area contributed by atoms with Crippen molar-refractivity contribution < 1.29 is 28.9 Å². The molecule has 0 saturated carbocycles. The summed E-state index contributed by atoms with van der Waals surface area (Å²) in [4.78, 5) is 29.4. The molecule has 0 radical (unpaired) electrons. The molecule has 0 aliphatic carbocycles. The van der Waals surface area contributed by atoms with E-state index in [1.165, 1.54) is 0 Å². The minimum atomic E-state index is -0.905. The van der Waals surface area contributed by atoms with Gasteiger partial charge in [0.1, 0.15) is 11.6 Å². The first-order chi connectivity index (χ1) is 16.5. The van der Waals surface area contributed by atoms with Crippen LogP contribution in [0.5, 0.6) is 11.5 Å². The number of carbonyl (C=O) groups is 2. The summed E-state index contributed by atoms with van der Waals surface area (Å²) in [7, 11) is 4.96. The quantitative estimate of drug-likeness (QED) is 0.703. The molecule has 188 valence electrons. The maximum Gasteiger partial charge on any atom is 0.410 e. The minimum Gasteiger partial charge on any atom is -0.493 e. The lowest BCUT2D eigenvalue weighted by atomic mass is 9.80. The number of carboxylic acid groups (broad SMARTS) is 1. The van der Waals surface area contributed by atoms with E-state index in [2.05, 4.69) is 6.07 Å². The Morgan fingerprint density at radius 2 is 1.60 bits per heavy atom. The van der Waals surface area contributed by atoms with Gasteiger partial charge in [0.15, 0.2) is 11.5 Å². The Kier molecular flexibility index (Phi) is 6.68. The van der Waals surface area contributed by atoms with Crippen LogP contribution in [0.1, 0.15) is 49.1 Å². The van der Waals surface area contributed by atoms with E-state index < -0.39 is 23.7 Å². The van der Waals surface area contributed by atoms with Gasteiger partial charge in [-0.15, -0.1) is 0 Å². The molecule has 3 atom stereocenters. The molecule has 2 aliphatic rings. The SMILES string of the molecule is COc1cc2c(cc1OC)[C@H]([C@@H]1Cc3ccccc3CN1C(=O)OC(C)(C)C)N(C)[C@H](C(=O)O)C2. The van der Waals surface area contributed by atoms with Gasteiger partial charge in [0.25, 0.3) is 0 Å². The molecule has 0 aromatic heterocycles. The third-order valence-electron chi connectivity index (χ3n) is 6.87. The van der Waals surface area contributed by atoms with Gasteiger partial charge in [-0.2, -0.15) is 0 Å². The molecule has 1 N–H and O–H groups in total. The van der Waals surface area contributed by atoms with Crippen LogP contribution in [0, 0.1) is 0 Å². The number of aliphatic carboxylic acids is 1. The number of carboxylic acids is 1. The molecule has 8 heteroatoms. The lowest BCUT2D eigenvalue weighted by Crippen LogP contribution is -2.57. The number of benzene rings is 2. The zero-order chi connectivity index (χ0) is 25.5. The van der Waals surface area contributed by atoms with Crippen molar-refractivity contribution in [2.45, 2.75) is 63.9 Å². The molecule has 1 amide bonds. The van der Waals surface area contributed by atoms with Gasteiger partial charge in [0, 0.05) is 6.54 Å². The van der Waals surface area contributed by atoms with Crippen LogP contribution in [0.3, 0.4) is 0 Å². The van der Waals surface area contributed by atoms with Gasteiger partial charge < -0.3 is 19.3 Å². The molecule has 0 bridgehead atoms. The fraction of sp³-hybridized carbons (Fsp3) is 0.481. The van der Waals surface area contributed by atoms with E-state index in [-0.39, 0.29) is 12.1 Å². The number of nitrogens with zero attached hydrogens (tertiary/aromatic N) is 2. The molecule has 2 aliphatic heterocycles. The van der Waals surface area contributed by atoms with Crippen molar-refractivity contribution in [3.8, 4) is 11.5 Å². The molecule has 0 spiro atoms. The van der Waals surface area contributed by atoms with Crippen LogP contribution in [0.15, 0.2) is 36.4 Å². The smallest absolute Gasteiger partial charge is 0.410 e. The summed E-state index contributed by atoms with van der Waals surface area (Å²) in [5.74, 6) is 0.216. The Balaban J connectivity index is 1.86. The largest absolute Gasteiger partial charge is 0.493 e. The van der Waals surface area contributed by atoms with E-state index >= 15 is 0 Å². The maximum atomic E-state index is 13.5. The van der Waals surface area contributed by atoms with Crippen molar-refractivity contribution in [2.75, 3.05) is 21.3 Å². The summed E-state index contributed by atoms with van der Waals surface area (Å²) in [6.45, 7) is 5.92. The molecule has 0 fully saturated rings. The molecule has 0 unspecified atom stereocenters. The maximum absolute atomic E-state index is 13.5. The Morgan fingerprint density at radius 3 is 2.20 bits per heavy atom. The van der Waals surface area contributed by atoms with Gasteiger partial charge in [-0.3, -0.25) is 14.6 Å². The Hall–Kier alpha value is -3.26. The molecule has 2 aromatic rings. The number of rotatable bonds is 4. The van der Waals surface area contributed by atoms with Crippen molar-refractivity contribution in [1.29, 1.82) is 0 Å². The van der Waals surface area contributed by atoms with Crippen LogP contribution in [0.25, 0.3) is 0 Å². The number of hydrogen-bond acceptors (Lipinski definition) is 6. The zero-order valence-corrected chi connectivity index (χ0v) is 21.2. The fourth-order valence-electron chi connectivity index (χ4n) is 5.24. The average molecular weight is 483 g/mol. The Bertz CT molecular complexity index is 1130. The third kappa shape index (κ3) is 4.80. The molecule has 0 saturated heterocycles. The second-order valence-corrected chi connectivity index (χ2v) is 10.2. The van der Waals surface area contributed by atoms with Gasteiger partial charge in [0.2, 0.25) is 0 Å². The average Bonchev–Trinajstić information content (AvgIpc) is 2.80. The summed E-state index contributed by atoms with van der Waals surface area (Å²) >= 11 is 0. The predicted octanol–water partition coefficient (Wildman–Crippen LogP) is 4.05. The number of amides is 1. The van der Waals surface area contributed by atoms with Crippen LogP contribution < -0.4 is 9.47 Å². The first-order valence-corrected chi connectivity index (χ1v) is 11.8. The molecule has 4 rings (SSSR count). The second kappa shape index (κ2) is 9.41. The van der Waals surface area contributed by atoms with E-state index in [1.54, 1.807) is 19.1 Å². The molecular formula is C27H34N2O6. The summed E-state index contributed by atoms with van der Waals surface area (Å²) < 4.78 is 16.9. The van der Waals surface area contributed by atoms with Crippen LogP contribution in [-0.2, 0) is 28.9 Å². The number of carbonyl (C=O) groups excluding carboxylic acids is 1. The number of likely N-dealkylation sites (N-methyl/N-ethyl adjacent to an activating group) is 1. The lowest BCUT2D eigenvalue weighted by molar-refractivity contribution is -0.144. The normalized spacial score (nSPS) is 22.1. The van der Waals surface area contributed by atoms with Crippen molar-refractivity contribution in [3.63, 3.8) is 0 Å². The van der Waals surface area contributed by atoms with Gasteiger partial charge in [-0.1, -0.05) is 24.3 Å². The van der Waals surface area contributed by atoms with E-state index in [0.29, 0.717) is 30.9 Å². The summed E-state index contributed by atoms with van der Waals surface area (Å²) in [5.41, 5.74) is 3.36. The van der Waals surface area contributed by atoms with Crippen LogP contribution in [0.4, 0.5) is 4.79 Å². The molecule has 8 nitrogen and oxygen atoms in total. The van der Waals surface area contributed by atoms with Gasteiger partial charge in [-0.25, -0.2) is 4.79 Å². The first-order valence-electron chi connectivity index (χ1n) is 11.8. The lowest BCUT2D eigenvalue weighted by Gasteiger charge is -2.48. The first kappa shape index (κ1) is 24.9. The standard InChI is InChI=1S/C27H34N2O6/c1-27(2,3)35-26(32)29-15-17-10-8-7-9-16(17)11-20(29)24-19-14-23(34-6)22(33-5)13-18(19)12-21(25(30)31)28(24)4/h7-10,13-14,20-21,24H,11-12,15H2,1-6H3,(H,30,31)/t20-,21-,24+/m0/s1. The highest BCUT2D eigenvalue weighted by Crippen LogP contribution is 2.44. The van der Waals surface area contributed by atoms with E-state index in [4.69, 9.17) is 14.2 Å². The number of hydrogen-bond donors (Lipinski definition) is 1. The topological polar surface area (TPSA) is 88.5 Å². The number of fused-ring (bicyclic) bond motifs is 2. The second-order valence-electron chi connectivity index (χ2n) is 10.2. The molecule has 2 heterocycles. The van der Waals surface area contributed by atoms with Crippen LogP contribution in [0.2, 0.25) is 0 Å². The van der Waals surface area contributed by atoms with E-state index in [9.17, 15) is 14.7 Å². The number of methoxy groups -OCH3 is 2. The van der Waals surface area contributed by atoms with E-state index in [0.717, 1.165) is 22.3 Å². The van der Waals surface area contributed by atoms with Gasteiger partial charge >= 0.3 is 12.1 Å². The summed E-state index contributed by atoms with van der Waals surface area (Å²) in [6.07, 6.45) is 0.489. The fourth-order valence-corrected chi connectivity index (χ4v) is 5.24. The van der Waals surface area contributed by atoms with Gasteiger partial charge in [0.05, 0.1) is 26.3 Å². The van der Waals surface area contributed by atoms with Crippen molar-refractivity contribution in [2.24, 2.45) is 0 Å². The van der Waals surface area contributed by atoms with Crippen molar-refractivity contribution >= 4 is 12.1 Å². The number of ether oxygens (including phenoxy) is 3. The molecule has 35 heavy (non-hydrogen) atoms. The monoisotopic (exact) mass is 482 g/mol. The van der Waals surface area contributed by atoms with Crippen molar-refractivity contribution in [3.05, 3.63) is 58.7 Å². The van der Waals surface area contributed by atoms with Crippen molar-refractivity contribution in [1.82, 2.24) is 9.80 Å². The van der Waals surface area contributed by atoms with Crippen LogP contribution in [-0.4, -0.2) is 65.9 Å². The zero-order valence-electron chi connectivity index (χ0n) is 21.2. The summed E-state index contributed by atoms with van der Waals surface area (Å²) in [5, 5.41) is 10.1. The highest BCUT2D eigenvalue weighted by atomic mass is 16.6. The minimum absolute atomic E-state index is 0.327.